The predicted molar refractivity (Wildman–Crippen MR) is 74.6 cm³/mol. The predicted octanol–water partition coefficient (Wildman–Crippen LogP) is -7.26. The Morgan fingerprint density at radius 1 is 1.00 bits per heavy atom. The Balaban J connectivity index is -0.000000189. The third-order valence-electron chi connectivity index (χ3n) is 3.53. The first kappa shape index (κ1) is 35.2. The Hall–Kier alpha value is 1.70. The zero-order chi connectivity index (χ0) is 18.0. The number of carboxylic acids is 2. The maximum absolute atomic E-state index is 10.4. The summed E-state index contributed by atoms with van der Waals surface area (Å²) in [5, 5.41) is 20.2. The van der Waals surface area contributed by atoms with Crippen LogP contribution in [0.1, 0.15) is 51.4 Å². The molecular weight excluding hydrogens is 568 g/mol. The molecule has 1 aliphatic carbocycles. The van der Waals surface area contributed by atoms with Gasteiger partial charge in [-0.2, -0.15) is 12.1 Å². The fraction of sp³-hybridized carbons (Fsp3) is 0.846. The van der Waals surface area contributed by atoms with Crippen molar-refractivity contribution >= 4 is 19.5 Å². The van der Waals surface area contributed by atoms with Crippen LogP contribution in [-0.4, -0.2) is 29.7 Å². The topological polar surface area (TPSA) is 191 Å². The van der Waals surface area contributed by atoms with Crippen LogP contribution in [0.2, 0.25) is 0 Å². The van der Waals surface area contributed by atoms with Gasteiger partial charge in [-0.15, -0.1) is 0 Å². The summed E-state index contributed by atoms with van der Waals surface area (Å²) in [6, 6.07) is -0.160. The second-order valence-electron chi connectivity index (χ2n) is 5.49. The fourth-order valence-electron chi connectivity index (χ4n) is 2.14. The molecule has 0 spiro atoms. The quantitative estimate of drug-likeness (QED) is 0.160. The molecule has 1 rings (SSSR count). The van der Waals surface area contributed by atoms with Crippen molar-refractivity contribution in [2.24, 2.45) is 0 Å². The number of carbonyl (C=O) groups is 2. The molecule has 0 aromatic carbocycles. The molecule has 13 heteroatoms. The number of rotatable bonds is 7. The van der Waals surface area contributed by atoms with Gasteiger partial charge in [-0.3, -0.25) is 0 Å². The molecule has 1 aliphatic rings. The van der Waals surface area contributed by atoms with Crippen molar-refractivity contribution in [3.8, 4) is 0 Å². The molecule has 1 fully saturated rings. The first-order valence-corrected chi connectivity index (χ1v) is 9.01. The number of carbonyl (C=O) groups excluding carboxylic acids is 2. The normalized spacial score (nSPS) is 20.0. The van der Waals surface area contributed by atoms with Crippen molar-refractivity contribution in [2.75, 3.05) is 0 Å². The SMILES string of the molecule is O=C([O-])CCCCC(C(=O)[O-])P(=O)([O-])[O-].[NH-]C1CCCCC1[NH-].[Na+].[Na+].[Pt+4]. The van der Waals surface area contributed by atoms with Crippen molar-refractivity contribution in [1.29, 1.82) is 0 Å². The number of hydrogen-bond donors (Lipinski definition) is 0. The molecule has 26 heavy (non-hydrogen) atoms. The van der Waals surface area contributed by atoms with Crippen LogP contribution in [0.5, 0.6) is 0 Å². The molecule has 2 N–H and O–H groups in total. The third-order valence-corrected chi connectivity index (χ3v) is 4.76. The van der Waals surface area contributed by atoms with Crippen LogP contribution < -0.4 is 79.1 Å². The number of hydrogen-bond acceptors (Lipinski definition) is 7. The van der Waals surface area contributed by atoms with Gasteiger partial charge in [-0.05, 0) is 19.3 Å². The Bertz CT molecular complexity index is 433. The van der Waals surface area contributed by atoms with Gasteiger partial charge in [-0.1, -0.05) is 39.7 Å². The minimum absolute atomic E-state index is 0. The minimum atomic E-state index is -5.22. The van der Waals surface area contributed by atoms with E-state index >= 15 is 0 Å². The van der Waals surface area contributed by atoms with Gasteiger partial charge in [0, 0.05) is 17.6 Å². The second kappa shape index (κ2) is 18.7. The molecular formula is C13H21N2Na2O7PPt. The van der Waals surface area contributed by atoms with Crippen LogP contribution in [-0.2, 0) is 35.2 Å². The summed E-state index contributed by atoms with van der Waals surface area (Å²) in [6.07, 6.45) is 3.57. The number of unbranched alkanes of at least 4 members (excludes halogenated alkanes) is 1. The summed E-state index contributed by atoms with van der Waals surface area (Å²) in [7, 11) is -5.22. The Morgan fingerprint density at radius 2 is 1.42 bits per heavy atom. The van der Waals surface area contributed by atoms with Gasteiger partial charge < -0.3 is 45.6 Å². The van der Waals surface area contributed by atoms with E-state index in [1.807, 2.05) is 0 Å². The van der Waals surface area contributed by atoms with E-state index in [0.29, 0.717) is 0 Å². The maximum Gasteiger partial charge on any atom is 4.00 e. The molecule has 0 heterocycles. The van der Waals surface area contributed by atoms with Crippen LogP contribution in [0, 0.1) is 0 Å². The maximum atomic E-state index is 10.4. The van der Waals surface area contributed by atoms with E-state index in [1.54, 1.807) is 0 Å². The number of aliphatic carboxylic acids is 2. The van der Waals surface area contributed by atoms with E-state index < -0.39 is 31.6 Å². The van der Waals surface area contributed by atoms with E-state index in [0.717, 1.165) is 12.8 Å². The summed E-state index contributed by atoms with van der Waals surface area (Å²) in [4.78, 5) is 41.1. The summed E-state index contributed by atoms with van der Waals surface area (Å²) < 4.78 is 10.4. The average molecular weight is 589 g/mol. The van der Waals surface area contributed by atoms with Gasteiger partial charge in [0.2, 0.25) is 0 Å². The van der Waals surface area contributed by atoms with Crippen LogP contribution >= 0.6 is 7.60 Å². The largest absolute Gasteiger partial charge is 4.00 e. The van der Waals surface area contributed by atoms with Crippen molar-refractivity contribution in [3.63, 3.8) is 0 Å². The molecule has 0 aliphatic heterocycles. The molecule has 0 radical (unpaired) electrons. The van der Waals surface area contributed by atoms with Gasteiger partial charge in [0.15, 0.2) is 0 Å². The van der Waals surface area contributed by atoms with Gasteiger partial charge in [0.25, 0.3) is 0 Å². The van der Waals surface area contributed by atoms with Gasteiger partial charge >= 0.3 is 80.2 Å². The van der Waals surface area contributed by atoms with E-state index in [1.165, 1.54) is 12.8 Å². The van der Waals surface area contributed by atoms with E-state index in [-0.39, 0.29) is 112 Å². The smallest absolute Gasteiger partial charge is 0.810 e. The Labute approximate surface area is 212 Å². The third kappa shape index (κ3) is 17.8. The molecule has 0 amide bonds. The summed E-state index contributed by atoms with van der Waals surface area (Å²) >= 11 is 0. The van der Waals surface area contributed by atoms with E-state index in [9.17, 15) is 34.2 Å². The summed E-state index contributed by atoms with van der Waals surface area (Å²) in [6.45, 7) is 0. The molecule has 9 nitrogen and oxygen atoms in total. The van der Waals surface area contributed by atoms with Crippen molar-refractivity contribution in [1.82, 2.24) is 0 Å². The molecule has 1 saturated carbocycles. The monoisotopic (exact) mass is 589 g/mol. The van der Waals surface area contributed by atoms with Crippen molar-refractivity contribution in [2.45, 2.75) is 69.1 Å². The Kier molecular flexibility index (Phi) is 25.3. The fourth-order valence-corrected chi connectivity index (χ4v) is 2.90. The molecule has 0 saturated heterocycles. The second-order valence-corrected chi connectivity index (χ2v) is 7.19. The Morgan fingerprint density at radius 3 is 1.69 bits per heavy atom. The molecule has 0 aromatic rings. The van der Waals surface area contributed by atoms with Gasteiger partial charge in [0.1, 0.15) is 0 Å². The standard InChI is InChI=1S/C7H13O7P.C6H12N2.2Na.Pt/c8-6(9)4-2-1-3-5(7(10)11)15(12,13)14;7-5-3-1-2-4-6(5)8;;;/h5H,1-4H2,(H,8,9)(H,10,11)(H2,12,13,14);5-8H,1-4H2;;;/q;-2;2*+1;+4/p-4. The molecule has 3 unspecified atom stereocenters. The van der Waals surface area contributed by atoms with Crippen molar-refractivity contribution in [3.05, 3.63) is 11.5 Å². The average Bonchev–Trinajstić information content (AvgIpc) is 2.40. The summed E-state index contributed by atoms with van der Waals surface area (Å²) in [5.41, 5.74) is 12.5. The number of nitrogens with one attached hydrogen (secondary N) is 2. The molecule has 0 bridgehead atoms. The summed E-state index contributed by atoms with van der Waals surface area (Å²) in [5.74, 6) is -3.26. The van der Waals surface area contributed by atoms with Crippen molar-refractivity contribution < 1.29 is 114 Å². The van der Waals surface area contributed by atoms with Crippen LogP contribution in [0.4, 0.5) is 0 Å². The zero-order valence-corrected chi connectivity index (χ0v) is 22.2. The molecule has 142 valence electrons. The minimum Gasteiger partial charge on any atom is -0.810 e. The van der Waals surface area contributed by atoms with Gasteiger partial charge in [-0.25, -0.2) is 0 Å². The first-order chi connectivity index (χ1) is 10.6. The van der Waals surface area contributed by atoms with Gasteiger partial charge in [0.05, 0.1) is 0 Å². The molecule has 3 atom stereocenters. The van der Waals surface area contributed by atoms with Crippen LogP contribution in [0.15, 0.2) is 0 Å². The van der Waals surface area contributed by atoms with Crippen LogP contribution in [0.3, 0.4) is 0 Å². The number of carboxylic acid groups (broad SMARTS) is 2. The molecule has 0 aromatic heterocycles. The van der Waals surface area contributed by atoms with E-state index in [2.05, 4.69) is 0 Å². The van der Waals surface area contributed by atoms with Crippen LogP contribution in [0.25, 0.3) is 11.5 Å². The van der Waals surface area contributed by atoms with E-state index in [4.69, 9.17) is 11.5 Å². The first-order valence-electron chi connectivity index (χ1n) is 7.40. The zero-order valence-electron chi connectivity index (χ0n) is 15.0.